The number of H-pyrrole nitrogens is 2. The summed E-state index contributed by atoms with van der Waals surface area (Å²) in [5, 5.41) is 2.61. The van der Waals surface area contributed by atoms with Crippen molar-refractivity contribution >= 4 is 11.6 Å². The number of nitrogens with one attached hydrogen (secondary N) is 2. The molecule has 2 N–H and O–H groups in total. The zero-order valence-electron chi connectivity index (χ0n) is 17.6. The molecule has 3 aromatic rings. The normalized spacial score (nSPS) is 23.6. The third-order valence-corrected chi connectivity index (χ3v) is 6.84. The van der Waals surface area contributed by atoms with E-state index in [1.54, 1.807) is 0 Å². The van der Waals surface area contributed by atoms with Crippen molar-refractivity contribution < 1.29 is 4.42 Å². The average Bonchev–Trinajstić information content (AvgIpc) is 3.46. The van der Waals surface area contributed by atoms with Crippen molar-refractivity contribution in [3.8, 4) is 11.5 Å². The molecule has 0 saturated heterocycles. The van der Waals surface area contributed by atoms with E-state index in [0.717, 1.165) is 17.2 Å². The van der Waals surface area contributed by atoms with E-state index in [9.17, 15) is 0 Å². The van der Waals surface area contributed by atoms with Crippen LogP contribution in [0.1, 0.15) is 76.0 Å². The minimum Gasteiger partial charge on any atom is -0.455 e. The van der Waals surface area contributed by atoms with Crippen LogP contribution >= 0.6 is 0 Å². The maximum Gasteiger partial charge on any atom is 0.150 e. The van der Waals surface area contributed by atoms with E-state index in [2.05, 4.69) is 54.2 Å². The van der Waals surface area contributed by atoms with Crippen molar-refractivity contribution in [1.82, 2.24) is 9.97 Å². The molecule has 0 spiro atoms. The lowest BCUT2D eigenvalue weighted by atomic mass is 9.77. The molecule has 0 unspecified atom stereocenters. The second-order valence-electron chi connectivity index (χ2n) is 9.14. The molecule has 29 heavy (non-hydrogen) atoms. The number of aromatic amines is 2. The standard InChI is InChI=1S/C26H32N2O/c1-17(2)24-19-11-8-6-4-3-5-7-10-18-16-20(24)26(28-18)25(19)23-14-13-22(29-23)21-12-9-15-27-21/h9-10,12-17,19,24,27-28H,3-8,11H2,1-2H3/b18-10+/t19-,24-/m1/s1. The van der Waals surface area contributed by atoms with Crippen LogP contribution in [0.3, 0.4) is 0 Å². The predicted octanol–water partition coefficient (Wildman–Crippen LogP) is 5.70. The number of furan rings is 1. The summed E-state index contributed by atoms with van der Waals surface area (Å²) in [5.41, 5.74) is 3.94. The molecule has 0 saturated carbocycles. The highest BCUT2D eigenvalue weighted by atomic mass is 16.3. The fraction of sp³-hybridized carbons (Fsp3) is 0.462. The first-order valence-electron chi connectivity index (χ1n) is 11.4. The summed E-state index contributed by atoms with van der Waals surface area (Å²) in [6.07, 6.45) is 13.4. The molecule has 4 heterocycles. The lowest BCUT2D eigenvalue weighted by Gasteiger charge is -2.26. The first kappa shape index (κ1) is 18.6. The number of hydrogen-bond acceptors (Lipinski definition) is 1. The molecule has 0 fully saturated rings. The maximum atomic E-state index is 6.42. The molecule has 0 radical (unpaired) electrons. The van der Waals surface area contributed by atoms with Gasteiger partial charge in [0.2, 0.25) is 0 Å². The van der Waals surface area contributed by atoms with Gasteiger partial charge in [0, 0.05) is 22.5 Å². The second-order valence-corrected chi connectivity index (χ2v) is 9.14. The van der Waals surface area contributed by atoms with Gasteiger partial charge in [0.1, 0.15) is 5.76 Å². The number of fused-ring (bicyclic) bond motifs is 7. The SMILES string of the molecule is CC(C)[C@H]1c2c/c3[nH]c2=C(c2ccc(-c4ccc[nH]4)o2)[C@@H]1CCCCCCC/C=3. The Bertz CT molecular complexity index is 1080. The summed E-state index contributed by atoms with van der Waals surface area (Å²) in [7, 11) is 0. The van der Waals surface area contributed by atoms with Crippen molar-refractivity contribution in [3.63, 3.8) is 0 Å². The van der Waals surface area contributed by atoms with E-state index >= 15 is 0 Å². The van der Waals surface area contributed by atoms with E-state index in [-0.39, 0.29) is 0 Å². The molecule has 3 aromatic heterocycles. The van der Waals surface area contributed by atoms with Crippen LogP contribution in [0.5, 0.6) is 0 Å². The van der Waals surface area contributed by atoms with Crippen LogP contribution < -0.4 is 10.7 Å². The highest BCUT2D eigenvalue weighted by molar-refractivity contribution is 5.70. The molecule has 0 aromatic carbocycles. The molecule has 3 nitrogen and oxygen atoms in total. The molecule has 4 bridgehead atoms. The van der Waals surface area contributed by atoms with Gasteiger partial charge >= 0.3 is 0 Å². The third-order valence-electron chi connectivity index (χ3n) is 6.84. The Morgan fingerprint density at radius 3 is 2.66 bits per heavy atom. The summed E-state index contributed by atoms with van der Waals surface area (Å²) in [6.45, 7) is 4.76. The monoisotopic (exact) mass is 388 g/mol. The minimum absolute atomic E-state index is 0.536. The predicted molar refractivity (Wildman–Crippen MR) is 119 cm³/mol. The van der Waals surface area contributed by atoms with Gasteiger partial charge in [-0.25, -0.2) is 0 Å². The van der Waals surface area contributed by atoms with E-state index in [4.69, 9.17) is 4.42 Å². The number of rotatable bonds is 3. The van der Waals surface area contributed by atoms with Gasteiger partial charge in [-0.05, 0) is 72.9 Å². The summed E-state index contributed by atoms with van der Waals surface area (Å²) >= 11 is 0. The lowest BCUT2D eigenvalue weighted by molar-refractivity contribution is 0.380. The largest absolute Gasteiger partial charge is 0.455 e. The van der Waals surface area contributed by atoms with Crippen LogP contribution in [0.2, 0.25) is 0 Å². The Morgan fingerprint density at radius 2 is 1.83 bits per heavy atom. The minimum atomic E-state index is 0.536. The van der Waals surface area contributed by atoms with Crippen LogP contribution in [0.25, 0.3) is 23.1 Å². The number of aromatic nitrogens is 2. The highest BCUT2D eigenvalue weighted by Crippen LogP contribution is 2.45. The highest BCUT2D eigenvalue weighted by Gasteiger charge is 2.38. The quantitative estimate of drug-likeness (QED) is 0.594. The van der Waals surface area contributed by atoms with Gasteiger partial charge < -0.3 is 14.4 Å². The first-order valence-corrected chi connectivity index (χ1v) is 11.4. The molecule has 3 heteroatoms. The Labute approximate surface area is 172 Å². The van der Waals surface area contributed by atoms with Crippen LogP contribution in [-0.2, 0) is 0 Å². The zero-order valence-corrected chi connectivity index (χ0v) is 17.6. The average molecular weight is 389 g/mol. The molecule has 6 rings (SSSR count). The summed E-state index contributed by atoms with van der Waals surface area (Å²) < 4.78 is 6.42. The second kappa shape index (κ2) is 7.78. The van der Waals surface area contributed by atoms with Crippen molar-refractivity contribution in [2.24, 2.45) is 11.8 Å². The van der Waals surface area contributed by atoms with Crippen molar-refractivity contribution in [1.29, 1.82) is 0 Å². The molecule has 3 aliphatic rings. The molecular formula is C26H32N2O. The van der Waals surface area contributed by atoms with Gasteiger partial charge in [-0.3, -0.25) is 0 Å². The first-order chi connectivity index (χ1) is 14.2. The maximum absolute atomic E-state index is 6.42. The van der Waals surface area contributed by atoms with Gasteiger partial charge in [0.05, 0.1) is 5.69 Å². The Kier molecular flexibility index (Phi) is 4.99. The van der Waals surface area contributed by atoms with Crippen LogP contribution in [0, 0.1) is 11.8 Å². The Hall–Kier alpha value is -2.42. The van der Waals surface area contributed by atoms with E-state index in [0.29, 0.717) is 17.8 Å². The molecule has 1 aliphatic heterocycles. The van der Waals surface area contributed by atoms with Gasteiger partial charge in [-0.1, -0.05) is 45.6 Å². The van der Waals surface area contributed by atoms with E-state index < -0.39 is 0 Å². The third kappa shape index (κ3) is 3.41. The van der Waals surface area contributed by atoms with Crippen LogP contribution in [0.4, 0.5) is 0 Å². The molecule has 152 valence electrons. The Balaban J connectivity index is 1.66. The molecular weight excluding hydrogens is 356 g/mol. The number of hydrogen-bond donors (Lipinski definition) is 2. The van der Waals surface area contributed by atoms with Crippen LogP contribution in [0.15, 0.2) is 40.9 Å². The fourth-order valence-electron chi connectivity index (χ4n) is 5.53. The van der Waals surface area contributed by atoms with Gasteiger partial charge in [-0.15, -0.1) is 0 Å². The van der Waals surface area contributed by atoms with Gasteiger partial charge in [-0.2, -0.15) is 0 Å². The van der Waals surface area contributed by atoms with Crippen molar-refractivity contribution in [2.45, 2.75) is 64.7 Å². The molecule has 2 aliphatic carbocycles. The summed E-state index contributed by atoms with van der Waals surface area (Å²) in [6, 6.07) is 10.8. The zero-order chi connectivity index (χ0) is 19.8. The van der Waals surface area contributed by atoms with Gasteiger partial charge in [0.25, 0.3) is 0 Å². The Morgan fingerprint density at radius 1 is 1.00 bits per heavy atom. The summed E-state index contributed by atoms with van der Waals surface area (Å²) in [5.74, 6) is 3.67. The van der Waals surface area contributed by atoms with E-state index in [1.165, 1.54) is 66.8 Å². The van der Waals surface area contributed by atoms with Crippen LogP contribution in [-0.4, -0.2) is 9.97 Å². The smallest absolute Gasteiger partial charge is 0.150 e. The molecule has 0 amide bonds. The van der Waals surface area contributed by atoms with E-state index in [1.807, 2.05) is 12.3 Å². The molecule has 2 atom stereocenters. The van der Waals surface area contributed by atoms with Gasteiger partial charge in [0.15, 0.2) is 5.76 Å². The summed E-state index contributed by atoms with van der Waals surface area (Å²) in [4.78, 5) is 7.05. The topological polar surface area (TPSA) is 44.7 Å². The van der Waals surface area contributed by atoms with Crippen molar-refractivity contribution in [3.05, 3.63) is 58.6 Å². The fourth-order valence-corrected chi connectivity index (χ4v) is 5.53. The lowest BCUT2D eigenvalue weighted by Crippen LogP contribution is -2.17. The van der Waals surface area contributed by atoms with Crippen molar-refractivity contribution in [2.75, 3.05) is 0 Å².